The van der Waals surface area contributed by atoms with Crippen LogP contribution in [0.25, 0.3) is 0 Å². The van der Waals surface area contributed by atoms with Crippen molar-refractivity contribution in [2.75, 3.05) is 6.54 Å². The lowest BCUT2D eigenvalue weighted by Crippen LogP contribution is -2.41. The predicted octanol–water partition coefficient (Wildman–Crippen LogP) is 3.50. The van der Waals surface area contributed by atoms with Crippen LogP contribution in [-0.4, -0.2) is 30.5 Å². The molecule has 0 heterocycles. The van der Waals surface area contributed by atoms with Crippen LogP contribution in [0.3, 0.4) is 0 Å². The van der Waals surface area contributed by atoms with Crippen LogP contribution in [-0.2, 0) is 4.79 Å². The maximum Gasteiger partial charge on any atom is 0.405 e. The number of ketones is 1. The van der Waals surface area contributed by atoms with E-state index in [0.717, 1.165) is 0 Å². The molecular formula is C18H15F4NO3. The molecule has 2 rings (SSSR count). The first-order valence-electron chi connectivity index (χ1n) is 7.57. The third-order valence-corrected chi connectivity index (χ3v) is 3.37. The van der Waals surface area contributed by atoms with Crippen molar-refractivity contribution in [3.05, 3.63) is 65.5 Å². The Balaban J connectivity index is 1.97. The van der Waals surface area contributed by atoms with Crippen molar-refractivity contribution >= 4 is 11.7 Å². The topological polar surface area (TPSA) is 55.4 Å². The second kappa shape index (κ2) is 7.99. The van der Waals surface area contributed by atoms with Crippen LogP contribution in [0, 0.1) is 5.82 Å². The lowest BCUT2D eigenvalue weighted by Gasteiger charge is -2.15. The number of ether oxygens (including phenoxy) is 1. The average Bonchev–Trinajstić information content (AvgIpc) is 2.59. The van der Waals surface area contributed by atoms with Gasteiger partial charge < -0.3 is 10.1 Å². The maximum absolute atomic E-state index is 12.9. The van der Waals surface area contributed by atoms with E-state index in [1.807, 2.05) is 0 Å². The SMILES string of the molecule is C[C@H](Oc1ccc(C(=O)c2ccc(F)cc2)cc1)C(=O)NCC(F)(F)F. The number of carbonyl (C=O) groups is 2. The number of hydrogen-bond donors (Lipinski definition) is 1. The first-order chi connectivity index (χ1) is 12.2. The number of rotatable bonds is 6. The summed E-state index contributed by atoms with van der Waals surface area (Å²) in [7, 11) is 0. The van der Waals surface area contributed by atoms with Gasteiger partial charge in [0, 0.05) is 11.1 Å². The fraction of sp³-hybridized carbons (Fsp3) is 0.222. The highest BCUT2D eigenvalue weighted by Gasteiger charge is 2.29. The molecule has 1 N–H and O–H groups in total. The number of alkyl halides is 3. The Hall–Kier alpha value is -2.90. The summed E-state index contributed by atoms with van der Waals surface area (Å²) in [6.45, 7) is -0.131. The molecule has 0 saturated carbocycles. The molecule has 0 aliphatic heterocycles. The second-order valence-corrected chi connectivity index (χ2v) is 5.45. The molecular weight excluding hydrogens is 354 g/mol. The van der Waals surface area contributed by atoms with Crippen LogP contribution in [0.15, 0.2) is 48.5 Å². The molecule has 2 aromatic rings. The Morgan fingerprint density at radius 3 is 2.00 bits per heavy atom. The molecule has 26 heavy (non-hydrogen) atoms. The highest BCUT2D eigenvalue weighted by Crippen LogP contribution is 2.17. The van der Waals surface area contributed by atoms with Crippen LogP contribution in [0.4, 0.5) is 17.6 Å². The van der Waals surface area contributed by atoms with Gasteiger partial charge in [0.05, 0.1) is 0 Å². The standard InChI is InChI=1S/C18H15F4NO3/c1-11(17(25)23-10-18(20,21)22)26-15-8-4-13(5-9-15)16(24)12-2-6-14(19)7-3-12/h2-9,11H,10H2,1H3,(H,23,25)/t11-/m0/s1. The van der Waals surface area contributed by atoms with Crippen molar-refractivity contribution in [1.29, 1.82) is 0 Å². The molecule has 0 saturated heterocycles. The van der Waals surface area contributed by atoms with Gasteiger partial charge in [-0.15, -0.1) is 0 Å². The normalized spacial score (nSPS) is 12.3. The highest BCUT2D eigenvalue weighted by molar-refractivity contribution is 6.09. The van der Waals surface area contributed by atoms with Crippen LogP contribution < -0.4 is 10.1 Å². The minimum absolute atomic E-state index is 0.218. The molecule has 0 aromatic heterocycles. The van der Waals surface area contributed by atoms with Crippen molar-refractivity contribution < 1.29 is 31.9 Å². The van der Waals surface area contributed by atoms with E-state index >= 15 is 0 Å². The van der Waals surface area contributed by atoms with Gasteiger partial charge in [-0.25, -0.2) is 4.39 Å². The summed E-state index contributed by atoms with van der Waals surface area (Å²) in [5.41, 5.74) is 0.623. The van der Waals surface area contributed by atoms with Crippen LogP contribution in [0.5, 0.6) is 5.75 Å². The molecule has 0 aliphatic carbocycles. The third kappa shape index (κ3) is 5.58. The summed E-state index contributed by atoms with van der Waals surface area (Å²) in [6.07, 6.45) is -5.64. The Bertz CT molecular complexity index is 771. The van der Waals surface area contributed by atoms with E-state index in [1.54, 1.807) is 5.32 Å². The van der Waals surface area contributed by atoms with Gasteiger partial charge in [-0.2, -0.15) is 13.2 Å². The summed E-state index contributed by atoms with van der Waals surface area (Å²) in [5.74, 6) is -1.47. The summed E-state index contributed by atoms with van der Waals surface area (Å²) in [6, 6.07) is 10.8. The van der Waals surface area contributed by atoms with E-state index in [0.29, 0.717) is 11.1 Å². The van der Waals surface area contributed by atoms with E-state index in [-0.39, 0.29) is 11.5 Å². The van der Waals surface area contributed by atoms with E-state index in [4.69, 9.17) is 4.74 Å². The van der Waals surface area contributed by atoms with Gasteiger partial charge in [-0.3, -0.25) is 9.59 Å². The second-order valence-electron chi connectivity index (χ2n) is 5.45. The Morgan fingerprint density at radius 1 is 1.00 bits per heavy atom. The molecule has 2 aromatic carbocycles. The molecule has 4 nitrogen and oxygen atoms in total. The van der Waals surface area contributed by atoms with Gasteiger partial charge in [0.1, 0.15) is 18.1 Å². The van der Waals surface area contributed by atoms with Gasteiger partial charge in [-0.05, 0) is 55.5 Å². The number of nitrogens with one attached hydrogen (secondary N) is 1. The minimum atomic E-state index is -4.50. The largest absolute Gasteiger partial charge is 0.481 e. The van der Waals surface area contributed by atoms with Gasteiger partial charge >= 0.3 is 6.18 Å². The first-order valence-corrected chi connectivity index (χ1v) is 7.57. The van der Waals surface area contributed by atoms with Gasteiger partial charge in [0.25, 0.3) is 5.91 Å². The molecule has 8 heteroatoms. The van der Waals surface area contributed by atoms with E-state index < -0.39 is 30.5 Å². The smallest absolute Gasteiger partial charge is 0.405 e. The Labute approximate surface area is 146 Å². The number of hydrogen-bond acceptors (Lipinski definition) is 3. The molecule has 0 aliphatic rings. The number of benzene rings is 2. The van der Waals surface area contributed by atoms with Gasteiger partial charge in [0.15, 0.2) is 11.9 Å². The van der Waals surface area contributed by atoms with Crippen molar-refractivity contribution in [2.24, 2.45) is 0 Å². The molecule has 138 valence electrons. The highest BCUT2D eigenvalue weighted by atomic mass is 19.4. The van der Waals surface area contributed by atoms with E-state index in [1.165, 1.54) is 55.5 Å². The monoisotopic (exact) mass is 369 g/mol. The van der Waals surface area contributed by atoms with Crippen molar-refractivity contribution in [3.8, 4) is 5.75 Å². The lowest BCUT2D eigenvalue weighted by molar-refractivity contribution is -0.142. The van der Waals surface area contributed by atoms with E-state index in [2.05, 4.69) is 0 Å². The minimum Gasteiger partial charge on any atom is -0.481 e. The zero-order chi connectivity index (χ0) is 19.3. The van der Waals surface area contributed by atoms with Gasteiger partial charge in [-0.1, -0.05) is 0 Å². The van der Waals surface area contributed by atoms with Gasteiger partial charge in [0.2, 0.25) is 0 Å². The number of amides is 1. The van der Waals surface area contributed by atoms with Crippen molar-refractivity contribution in [3.63, 3.8) is 0 Å². The molecule has 0 bridgehead atoms. The first kappa shape index (κ1) is 19.4. The Morgan fingerprint density at radius 2 is 1.50 bits per heavy atom. The average molecular weight is 369 g/mol. The fourth-order valence-corrected chi connectivity index (χ4v) is 2.04. The maximum atomic E-state index is 12.9. The number of carbonyl (C=O) groups excluding carboxylic acids is 2. The lowest BCUT2D eigenvalue weighted by atomic mass is 10.0. The van der Waals surface area contributed by atoms with Crippen molar-refractivity contribution in [1.82, 2.24) is 5.32 Å². The van der Waals surface area contributed by atoms with Crippen LogP contribution >= 0.6 is 0 Å². The molecule has 1 amide bonds. The quantitative estimate of drug-likeness (QED) is 0.626. The zero-order valence-corrected chi connectivity index (χ0v) is 13.6. The molecule has 0 fully saturated rings. The summed E-state index contributed by atoms with van der Waals surface area (Å²) in [5, 5.41) is 1.72. The molecule has 0 spiro atoms. The van der Waals surface area contributed by atoms with Crippen molar-refractivity contribution in [2.45, 2.75) is 19.2 Å². The predicted molar refractivity (Wildman–Crippen MR) is 85.4 cm³/mol. The van der Waals surface area contributed by atoms with E-state index in [9.17, 15) is 27.2 Å². The number of halogens is 4. The van der Waals surface area contributed by atoms with Crippen LogP contribution in [0.1, 0.15) is 22.8 Å². The molecule has 0 unspecified atom stereocenters. The fourth-order valence-electron chi connectivity index (χ4n) is 2.04. The molecule has 1 atom stereocenters. The summed E-state index contributed by atoms with van der Waals surface area (Å²) in [4.78, 5) is 23.8. The summed E-state index contributed by atoms with van der Waals surface area (Å²) < 4.78 is 54.4. The summed E-state index contributed by atoms with van der Waals surface area (Å²) >= 11 is 0. The zero-order valence-electron chi connectivity index (χ0n) is 13.6. The van der Waals surface area contributed by atoms with Crippen LogP contribution in [0.2, 0.25) is 0 Å². The Kier molecular flexibility index (Phi) is 5.97. The molecule has 0 radical (unpaired) electrons. The third-order valence-electron chi connectivity index (χ3n) is 3.37.